The highest BCUT2D eigenvalue weighted by Crippen LogP contribution is 2.46. The zero-order valence-electron chi connectivity index (χ0n) is 14.7. The maximum Gasteiger partial charge on any atom is 0.330 e. The summed E-state index contributed by atoms with van der Waals surface area (Å²) in [6, 6.07) is 0. The second-order valence-electron chi connectivity index (χ2n) is 7.57. The molecule has 134 valence electrons. The van der Waals surface area contributed by atoms with Gasteiger partial charge in [0.1, 0.15) is 0 Å². The molecule has 1 aliphatic carbocycles. The third-order valence-electron chi connectivity index (χ3n) is 5.11. The highest BCUT2D eigenvalue weighted by Gasteiger charge is 2.54. The largest absolute Gasteiger partial charge is 0.460 e. The molecule has 3 rings (SSSR count). The number of hydrogen-bond acceptors (Lipinski definition) is 5. The average molecular weight is 336 g/mol. The van der Waals surface area contributed by atoms with Crippen LogP contribution in [-0.4, -0.2) is 41.3 Å². The monoisotopic (exact) mass is 336 g/mol. The molecule has 2 fully saturated rings. The minimum absolute atomic E-state index is 0.0115. The summed E-state index contributed by atoms with van der Waals surface area (Å²) in [5.41, 5.74) is 0. The van der Waals surface area contributed by atoms with E-state index in [0.29, 0.717) is 0 Å². The molecule has 6 atom stereocenters. The first-order chi connectivity index (χ1) is 11.4. The van der Waals surface area contributed by atoms with Gasteiger partial charge in [-0.3, -0.25) is 0 Å². The molecule has 1 saturated carbocycles. The fraction of sp³-hybridized carbons (Fsp3) is 0.737. The van der Waals surface area contributed by atoms with Crippen molar-refractivity contribution in [1.82, 2.24) is 0 Å². The molecule has 5 nitrogen and oxygen atoms in total. The summed E-state index contributed by atoms with van der Waals surface area (Å²) in [4.78, 5) is 11.9. The fourth-order valence-corrected chi connectivity index (χ4v) is 4.09. The summed E-state index contributed by atoms with van der Waals surface area (Å²) in [6.45, 7) is 5.70. The third-order valence-corrected chi connectivity index (χ3v) is 5.11. The van der Waals surface area contributed by atoms with Crippen molar-refractivity contribution in [3.05, 3.63) is 24.3 Å². The minimum atomic E-state index is -0.768. The van der Waals surface area contributed by atoms with E-state index in [1.807, 2.05) is 20.8 Å². The molecule has 1 saturated heterocycles. The molecule has 0 aromatic rings. The van der Waals surface area contributed by atoms with E-state index >= 15 is 0 Å². The maximum absolute atomic E-state index is 11.9. The van der Waals surface area contributed by atoms with Gasteiger partial charge in [0.15, 0.2) is 5.79 Å². The molecule has 2 aliphatic heterocycles. The number of carbonyl (C=O) groups is 1. The second-order valence-corrected chi connectivity index (χ2v) is 7.57. The van der Waals surface area contributed by atoms with Crippen LogP contribution in [0, 0.1) is 11.8 Å². The maximum atomic E-state index is 11.9. The Hall–Kier alpha value is -1.17. The molecule has 2 heterocycles. The van der Waals surface area contributed by atoms with Gasteiger partial charge >= 0.3 is 5.97 Å². The number of carbonyl (C=O) groups excluding carboxylic acids is 1. The normalized spacial score (nSPS) is 45.1. The first-order valence-electron chi connectivity index (χ1n) is 8.95. The minimum Gasteiger partial charge on any atom is -0.460 e. The van der Waals surface area contributed by atoms with Gasteiger partial charge in [-0.1, -0.05) is 12.2 Å². The standard InChI is InChI=1S/C19H28O5/c1-12-7-5-4-6-8-13-11-15-18(24-19(2,3)23-15)17(13)14(20)9-10-16(21)22-12/h6,8-10,12-15,17-18,20H,4-5,7,11H2,1-3H3/b8-6+,10-9+/t12-,13+,14+,15-,17+,18-/m0/s1. The Labute approximate surface area is 143 Å². The van der Waals surface area contributed by atoms with Crippen LogP contribution in [0.2, 0.25) is 0 Å². The van der Waals surface area contributed by atoms with E-state index in [2.05, 4.69) is 12.2 Å². The van der Waals surface area contributed by atoms with Crippen molar-refractivity contribution in [3.63, 3.8) is 0 Å². The molecule has 0 amide bonds. The van der Waals surface area contributed by atoms with E-state index in [-0.39, 0.29) is 30.1 Å². The quantitative estimate of drug-likeness (QED) is 0.544. The molecular formula is C19H28O5. The SMILES string of the molecule is C[C@H]1CCC/C=C/[C@@H]2C[C@@H]3OC(C)(C)O[C@@H]3[C@H]2[C@H](O)/C=C/C(=O)O1. The van der Waals surface area contributed by atoms with Crippen LogP contribution in [0.1, 0.15) is 46.5 Å². The summed E-state index contributed by atoms with van der Waals surface area (Å²) < 4.78 is 17.3. The van der Waals surface area contributed by atoms with E-state index in [9.17, 15) is 9.90 Å². The van der Waals surface area contributed by atoms with Crippen molar-refractivity contribution in [2.75, 3.05) is 0 Å². The van der Waals surface area contributed by atoms with Gasteiger partial charge in [0.25, 0.3) is 0 Å². The summed E-state index contributed by atoms with van der Waals surface area (Å²) in [5, 5.41) is 10.7. The van der Waals surface area contributed by atoms with Crippen molar-refractivity contribution >= 4 is 5.97 Å². The van der Waals surface area contributed by atoms with Gasteiger partial charge in [-0.2, -0.15) is 0 Å². The number of fused-ring (bicyclic) bond motifs is 3. The van der Waals surface area contributed by atoms with Crippen molar-refractivity contribution in [2.45, 2.75) is 76.7 Å². The molecule has 1 N–H and O–H groups in total. The molecule has 0 spiro atoms. The summed E-state index contributed by atoms with van der Waals surface area (Å²) in [5.74, 6) is -0.952. The Morgan fingerprint density at radius 3 is 2.83 bits per heavy atom. The first kappa shape index (κ1) is 17.6. The van der Waals surface area contributed by atoms with Crippen molar-refractivity contribution < 1.29 is 24.1 Å². The van der Waals surface area contributed by atoms with Crippen molar-refractivity contribution in [2.24, 2.45) is 11.8 Å². The second kappa shape index (κ2) is 6.98. The highest BCUT2D eigenvalue weighted by atomic mass is 16.8. The lowest BCUT2D eigenvalue weighted by molar-refractivity contribution is -0.162. The fourth-order valence-electron chi connectivity index (χ4n) is 4.09. The third kappa shape index (κ3) is 3.90. The van der Waals surface area contributed by atoms with Crippen LogP contribution in [-0.2, 0) is 19.0 Å². The summed E-state index contributed by atoms with van der Waals surface area (Å²) in [7, 11) is 0. The van der Waals surface area contributed by atoms with E-state index < -0.39 is 17.9 Å². The van der Waals surface area contributed by atoms with Gasteiger partial charge in [0.05, 0.1) is 24.4 Å². The van der Waals surface area contributed by atoms with Gasteiger partial charge < -0.3 is 19.3 Å². The van der Waals surface area contributed by atoms with E-state index in [1.54, 1.807) is 0 Å². The number of hydrogen-bond donors (Lipinski definition) is 1. The Kier molecular flexibility index (Phi) is 5.13. The number of aliphatic hydroxyl groups is 1. The number of rotatable bonds is 0. The molecule has 0 unspecified atom stereocenters. The van der Waals surface area contributed by atoms with E-state index in [4.69, 9.17) is 14.2 Å². The molecule has 5 heteroatoms. The average Bonchev–Trinajstić information content (AvgIpc) is 2.94. The number of aliphatic hydroxyl groups excluding tert-OH is 1. The number of esters is 1. The molecule has 3 aliphatic rings. The lowest BCUT2D eigenvalue weighted by atomic mass is 9.88. The predicted octanol–water partition coefficient (Wildman–Crippen LogP) is 2.73. The first-order valence-corrected chi connectivity index (χ1v) is 8.95. The summed E-state index contributed by atoms with van der Waals surface area (Å²) in [6.07, 6.45) is 9.78. The van der Waals surface area contributed by atoms with Crippen LogP contribution in [0.3, 0.4) is 0 Å². The van der Waals surface area contributed by atoms with Crippen LogP contribution < -0.4 is 0 Å². The van der Waals surface area contributed by atoms with Crippen LogP contribution >= 0.6 is 0 Å². The zero-order valence-corrected chi connectivity index (χ0v) is 14.7. The van der Waals surface area contributed by atoms with Gasteiger partial charge in [-0.05, 0) is 58.4 Å². The number of cyclic esters (lactones) is 1. The Morgan fingerprint density at radius 2 is 2.04 bits per heavy atom. The van der Waals surface area contributed by atoms with Crippen molar-refractivity contribution in [3.8, 4) is 0 Å². The predicted molar refractivity (Wildman–Crippen MR) is 89.1 cm³/mol. The Bertz CT molecular complexity index is 524. The van der Waals surface area contributed by atoms with Gasteiger partial charge in [0.2, 0.25) is 0 Å². The van der Waals surface area contributed by atoms with Gasteiger partial charge in [0, 0.05) is 12.0 Å². The topological polar surface area (TPSA) is 65.0 Å². The zero-order chi connectivity index (χ0) is 17.3. The smallest absolute Gasteiger partial charge is 0.330 e. The molecular weight excluding hydrogens is 308 g/mol. The Balaban J connectivity index is 1.81. The lowest BCUT2D eigenvalue weighted by Gasteiger charge is -2.27. The number of ether oxygens (including phenoxy) is 3. The molecule has 0 bridgehead atoms. The van der Waals surface area contributed by atoms with Crippen LogP contribution in [0.15, 0.2) is 24.3 Å². The molecule has 0 aromatic carbocycles. The van der Waals surface area contributed by atoms with Crippen LogP contribution in [0.25, 0.3) is 0 Å². The molecule has 24 heavy (non-hydrogen) atoms. The van der Waals surface area contributed by atoms with E-state index in [1.165, 1.54) is 12.2 Å². The number of allylic oxidation sites excluding steroid dienone is 2. The molecule has 0 aromatic heterocycles. The summed E-state index contributed by atoms with van der Waals surface area (Å²) >= 11 is 0. The van der Waals surface area contributed by atoms with Gasteiger partial charge in [-0.25, -0.2) is 4.79 Å². The Morgan fingerprint density at radius 1 is 1.25 bits per heavy atom. The molecule has 0 radical (unpaired) electrons. The lowest BCUT2D eigenvalue weighted by Crippen LogP contribution is -2.34. The van der Waals surface area contributed by atoms with Crippen molar-refractivity contribution in [1.29, 1.82) is 0 Å². The highest BCUT2D eigenvalue weighted by molar-refractivity contribution is 5.82. The van der Waals surface area contributed by atoms with Crippen LogP contribution in [0.5, 0.6) is 0 Å². The van der Waals surface area contributed by atoms with E-state index in [0.717, 1.165) is 25.7 Å². The van der Waals surface area contributed by atoms with Crippen LogP contribution in [0.4, 0.5) is 0 Å². The van der Waals surface area contributed by atoms with Gasteiger partial charge in [-0.15, -0.1) is 0 Å².